The Bertz CT molecular complexity index is 447. The molecule has 112 valence electrons. The fourth-order valence-corrected chi connectivity index (χ4v) is 1.15. The van der Waals surface area contributed by atoms with Crippen LogP contribution in [0.1, 0.15) is 25.7 Å². The average molecular weight is 290 g/mol. The summed E-state index contributed by atoms with van der Waals surface area (Å²) in [6.45, 7) is 0. The molecule has 1 aliphatic rings. The third kappa shape index (κ3) is 5.91. The van der Waals surface area contributed by atoms with E-state index in [2.05, 4.69) is 5.73 Å². The molecule has 10 heteroatoms. The normalized spacial score (nSPS) is 20.4. The van der Waals surface area contributed by atoms with Crippen LogP contribution in [0.15, 0.2) is 0 Å². The highest BCUT2D eigenvalue weighted by atomic mass is 16.4. The van der Waals surface area contributed by atoms with Crippen LogP contribution < -0.4 is 11.1 Å². The summed E-state index contributed by atoms with van der Waals surface area (Å²) in [5.74, 6) is -5.02. The number of carbonyl (C=O) groups excluding carboxylic acids is 3. The number of rotatable bonds is 5. The maximum absolute atomic E-state index is 10.4. The molecule has 0 aromatic heterocycles. The number of hydrogen-bond donors (Lipinski definition) is 5. The van der Waals surface area contributed by atoms with Gasteiger partial charge in [-0.1, -0.05) is 0 Å². The van der Waals surface area contributed by atoms with Gasteiger partial charge in [0.15, 0.2) is 0 Å². The Balaban J connectivity index is 0.000000361. The summed E-state index contributed by atoms with van der Waals surface area (Å²) >= 11 is 0. The van der Waals surface area contributed by atoms with Gasteiger partial charge in [0.05, 0.1) is 0 Å². The molecule has 1 fully saturated rings. The first-order chi connectivity index (χ1) is 9.08. The summed E-state index contributed by atoms with van der Waals surface area (Å²) in [5.41, 5.74) is 2.64. The van der Waals surface area contributed by atoms with E-state index in [9.17, 15) is 24.0 Å². The quantitative estimate of drug-likeness (QED) is 0.346. The van der Waals surface area contributed by atoms with Gasteiger partial charge in [0.1, 0.15) is 0 Å². The van der Waals surface area contributed by atoms with E-state index in [-0.39, 0.29) is 25.7 Å². The molecule has 0 unspecified atom stereocenters. The average Bonchev–Trinajstić information content (AvgIpc) is 2.68. The number of carbonyl (C=O) groups is 5. The van der Waals surface area contributed by atoms with Crippen LogP contribution in [0.2, 0.25) is 0 Å². The number of Topliss-reactive ketones (excluding diaryl/α,β-unsaturated/α-hetero) is 1. The van der Waals surface area contributed by atoms with Crippen molar-refractivity contribution in [1.29, 1.82) is 0 Å². The Morgan fingerprint density at radius 1 is 1.20 bits per heavy atom. The number of carboxylic acid groups (broad SMARTS) is 2. The Morgan fingerprint density at radius 2 is 1.75 bits per heavy atom. The molecule has 1 heterocycles. The van der Waals surface area contributed by atoms with Crippen LogP contribution in [0.5, 0.6) is 0 Å². The van der Waals surface area contributed by atoms with Gasteiger partial charge in [-0.15, -0.1) is 0 Å². The van der Waals surface area contributed by atoms with Gasteiger partial charge in [0, 0.05) is 25.7 Å². The molecule has 0 bridgehead atoms. The molecular formula is C10H14N2O8. The van der Waals surface area contributed by atoms with Crippen molar-refractivity contribution in [2.45, 2.75) is 31.4 Å². The SMILES string of the molecule is NC(=O)CCC(=O)C(=O)O.O=C1CC[C@@](O)(C(=O)O)N1. The molecule has 1 saturated heterocycles. The van der Waals surface area contributed by atoms with Gasteiger partial charge in [0.2, 0.25) is 23.3 Å². The number of primary amides is 1. The van der Waals surface area contributed by atoms with Crippen LogP contribution in [-0.4, -0.2) is 50.6 Å². The van der Waals surface area contributed by atoms with E-state index in [4.69, 9.17) is 15.3 Å². The molecule has 20 heavy (non-hydrogen) atoms. The van der Waals surface area contributed by atoms with Crippen LogP contribution in [0.3, 0.4) is 0 Å². The van der Waals surface area contributed by atoms with Crippen molar-refractivity contribution in [3.63, 3.8) is 0 Å². The van der Waals surface area contributed by atoms with Crippen LogP contribution in [0, 0.1) is 0 Å². The third-order valence-electron chi connectivity index (χ3n) is 2.25. The largest absolute Gasteiger partial charge is 0.478 e. The Kier molecular flexibility index (Phi) is 6.29. The smallest absolute Gasteiger partial charge is 0.372 e. The van der Waals surface area contributed by atoms with Crippen molar-refractivity contribution in [3.8, 4) is 0 Å². The van der Waals surface area contributed by atoms with E-state index in [0.717, 1.165) is 0 Å². The van der Waals surface area contributed by atoms with E-state index in [1.54, 1.807) is 0 Å². The lowest BCUT2D eigenvalue weighted by Crippen LogP contribution is -2.48. The van der Waals surface area contributed by atoms with Gasteiger partial charge in [0.25, 0.3) is 0 Å². The molecule has 10 nitrogen and oxygen atoms in total. The number of aliphatic hydroxyl groups is 1. The number of hydrogen-bond acceptors (Lipinski definition) is 6. The molecule has 0 spiro atoms. The molecule has 0 saturated carbocycles. The third-order valence-corrected chi connectivity index (χ3v) is 2.25. The molecule has 6 N–H and O–H groups in total. The summed E-state index contributed by atoms with van der Waals surface area (Å²) in [4.78, 5) is 50.7. The number of nitrogens with one attached hydrogen (secondary N) is 1. The van der Waals surface area contributed by atoms with Gasteiger partial charge >= 0.3 is 11.9 Å². The monoisotopic (exact) mass is 290 g/mol. The molecule has 1 rings (SSSR count). The molecule has 0 radical (unpaired) electrons. The van der Waals surface area contributed by atoms with E-state index in [1.165, 1.54) is 0 Å². The predicted octanol–water partition coefficient (Wildman–Crippen LogP) is -2.42. The van der Waals surface area contributed by atoms with Crippen LogP contribution >= 0.6 is 0 Å². The topological polar surface area (TPSA) is 184 Å². The van der Waals surface area contributed by atoms with Gasteiger partial charge in [-0.2, -0.15) is 0 Å². The number of ketones is 1. The van der Waals surface area contributed by atoms with Crippen molar-refractivity contribution in [3.05, 3.63) is 0 Å². The first-order valence-electron chi connectivity index (χ1n) is 5.39. The predicted molar refractivity (Wildman–Crippen MR) is 61.0 cm³/mol. The summed E-state index contributed by atoms with van der Waals surface area (Å²) in [7, 11) is 0. The number of aliphatic carboxylic acids is 2. The van der Waals surface area contributed by atoms with E-state index in [0.29, 0.717) is 0 Å². The maximum Gasteiger partial charge on any atom is 0.372 e. The summed E-state index contributed by atoms with van der Waals surface area (Å²) in [6.07, 6.45) is -0.500. The van der Waals surface area contributed by atoms with Crippen LogP contribution in [0.25, 0.3) is 0 Å². The summed E-state index contributed by atoms with van der Waals surface area (Å²) < 4.78 is 0. The second-order valence-corrected chi connectivity index (χ2v) is 3.91. The van der Waals surface area contributed by atoms with Gasteiger partial charge in [-0.05, 0) is 0 Å². The molecule has 2 amide bonds. The highest BCUT2D eigenvalue weighted by Gasteiger charge is 2.42. The summed E-state index contributed by atoms with van der Waals surface area (Å²) in [5, 5.41) is 27.3. The van der Waals surface area contributed by atoms with E-state index in [1.807, 2.05) is 5.32 Å². The van der Waals surface area contributed by atoms with E-state index >= 15 is 0 Å². The minimum atomic E-state index is -2.02. The molecule has 0 aliphatic carbocycles. The lowest BCUT2D eigenvalue weighted by molar-refractivity contribution is -0.161. The van der Waals surface area contributed by atoms with Gasteiger partial charge in [-0.3, -0.25) is 14.4 Å². The Labute approximate surface area is 112 Å². The highest BCUT2D eigenvalue weighted by molar-refractivity contribution is 6.32. The minimum absolute atomic E-state index is 0.0544. The zero-order valence-corrected chi connectivity index (χ0v) is 10.3. The van der Waals surface area contributed by atoms with Crippen molar-refractivity contribution < 1.29 is 39.3 Å². The lowest BCUT2D eigenvalue weighted by atomic mass is 10.2. The second-order valence-electron chi connectivity index (χ2n) is 3.91. The molecular weight excluding hydrogens is 276 g/mol. The zero-order valence-electron chi connectivity index (χ0n) is 10.3. The fraction of sp³-hybridized carbons (Fsp3) is 0.500. The van der Waals surface area contributed by atoms with E-state index < -0.39 is 35.3 Å². The first kappa shape index (κ1) is 17.5. The summed E-state index contributed by atoms with van der Waals surface area (Å²) in [6, 6.07) is 0. The van der Waals surface area contributed by atoms with Crippen LogP contribution in [0.4, 0.5) is 0 Å². The standard InChI is InChI=1S/2C5H7NO4/c7-3-1-2-5(10,6-3)4(8)9;6-4(8)2-1-3(7)5(9)10/h10H,1-2H2,(H,6,7)(H,8,9);1-2H2,(H2,6,8)(H,9,10)/t5-;/m1./s1. The van der Waals surface area contributed by atoms with Crippen molar-refractivity contribution in [2.75, 3.05) is 0 Å². The Hall–Kier alpha value is -2.49. The number of nitrogens with two attached hydrogens (primary N) is 1. The highest BCUT2D eigenvalue weighted by Crippen LogP contribution is 2.16. The number of carboxylic acids is 2. The van der Waals surface area contributed by atoms with Crippen molar-refractivity contribution in [2.24, 2.45) is 5.73 Å². The van der Waals surface area contributed by atoms with Gasteiger partial charge in [-0.25, -0.2) is 9.59 Å². The molecule has 1 atom stereocenters. The van der Waals surface area contributed by atoms with Gasteiger partial charge < -0.3 is 26.4 Å². The first-order valence-corrected chi connectivity index (χ1v) is 5.39. The fourth-order valence-electron chi connectivity index (χ4n) is 1.15. The second kappa shape index (κ2) is 7.19. The lowest BCUT2D eigenvalue weighted by Gasteiger charge is -2.14. The Morgan fingerprint density at radius 3 is 2.00 bits per heavy atom. The van der Waals surface area contributed by atoms with Crippen LogP contribution in [-0.2, 0) is 24.0 Å². The molecule has 0 aromatic carbocycles. The molecule has 0 aromatic rings. The number of amides is 2. The minimum Gasteiger partial charge on any atom is -0.478 e. The molecule has 1 aliphatic heterocycles. The van der Waals surface area contributed by atoms with Crippen molar-refractivity contribution in [1.82, 2.24) is 5.32 Å². The zero-order chi connectivity index (χ0) is 15.9. The maximum atomic E-state index is 10.4. The van der Waals surface area contributed by atoms with Crippen molar-refractivity contribution >= 4 is 29.5 Å².